The number of pyridine rings is 1. The van der Waals surface area contributed by atoms with Crippen molar-refractivity contribution in [2.24, 2.45) is 5.92 Å². The third-order valence-corrected chi connectivity index (χ3v) is 5.36. The van der Waals surface area contributed by atoms with Crippen LogP contribution in [0.3, 0.4) is 0 Å². The number of carbonyl (C=O) groups is 1. The highest BCUT2D eigenvalue weighted by atomic mass is 32.2. The van der Waals surface area contributed by atoms with Gasteiger partial charge >= 0.3 is 0 Å². The number of ether oxygens (including phenoxy) is 2. The third kappa shape index (κ3) is 3.48. The van der Waals surface area contributed by atoms with Crippen molar-refractivity contribution in [2.75, 3.05) is 12.4 Å². The summed E-state index contributed by atoms with van der Waals surface area (Å²) < 4.78 is 26.3. The number of halogens is 1. The second-order valence-electron chi connectivity index (χ2n) is 7.15. The normalized spacial score (nSPS) is 16.1. The molecule has 2 saturated carbocycles. The van der Waals surface area contributed by atoms with E-state index in [0.717, 1.165) is 25.7 Å². The lowest BCUT2D eigenvalue weighted by Crippen LogP contribution is -2.14. The second-order valence-corrected chi connectivity index (χ2v) is 7.68. The van der Waals surface area contributed by atoms with Crippen LogP contribution in [0, 0.1) is 5.92 Å². The number of hydrogen-bond donors (Lipinski definition) is 1. The molecule has 0 unspecified atom stereocenters. The highest BCUT2D eigenvalue weighted by Crippen LogP contribution is 2.43. The molecule has 0 radical (unpaired) electrons. The summed E-state index contributed by atoms with van der Waals surface area (Å²) in [5.41, 5.74) is 1.58. The fourth-order valence-electron chi connectivity index (χ4n) is 3.14. The molecule has 5 rings (SSSR count). The summed E-state index contributed by atoms with van der Waals surface area (Å²) in [6.07, 6.45) is 6.85. The lowest BCUT2D eigenvalue weighted by Gasteiger charge is -2.12. The van der Waals surface area contributed by atoms with E-state index in [4.69, 9.17) is 9.47 Å². The topological polar surface area (TPSA) is 91.2 Å². The Labute approximate surface area is 170 Å². The summed E-state index contributed by atoms with van der Waals surface area (Å²) in [7, 11) is 1.51. The van der Waals surface area contributed by atoms with Crippen LogP contribution in [-0.2, 0) is 4.79 Å². The Bertz CT molecular complexity index is 1100. The molecule has 8 nitrogen and oxygen atoms in total. The van der Waals surface area contributed by atoms with Crippen LogP contribution in [0.2, 0.25) is 0 Å². The standard InChI is InChI=1S/C19H18FN5O3S/c1-27-18-15(19(22-9-21-18)28-11-4-5-11)13-8-25(29-20)16-12(13)6-7-14(23-16)24-17(26)10-2-3-10/h6-11H,2-5H2,1H3,(H,23,24,26). The van der Waals surface area contributed by atoms with E-state index >= 15 is 0 Å². The first-order valence-corrected chi connectivity index (χ1v) is 10.0. The molecule has 3 heterocycles. The molecule has 3 aromatic heterocycles. The minimum atomic E-state index is -0.0543. The van der Waals surface area contributed by atoms with Crippen LogP contribution in [-0.4, -0.2) is 38.0 Å². The highest BCUT2D eigenvalue weighted by Gasteiger charge is 2.31. The van der Waals surface area contributed by atoms with E-state index < -0.39 is 0 Å². The first-order valence-electron chi connectivity index (χ1n) is 9.36. The lowest BCUT2D eigenvalue weighted by molar-refractivity contribution is -0.117. The number of anilines is 1. The number of rotatable bonds is 7. The van der Waals surface area contributed by atoms with Gasteiger partial charge in [-0.2, -0.15) is 0 Å². The predicted molar refractivity (Wildman–Crippen MR) is 106 cm³/mol. The molecule has 10 heteroatoms. The smallest absolute Gasteiger partial charge is 0.228 e. The van der Waals surface area contributed by atoms with E-state index in [-0.39, 0.29) is 30.3 Å². The average molecular weight is 415 g/mol. The van der Waals surface area contributed by atoms with Gasteiger partial charge in [-0.1, -0.05) is 0 Å². The lowest BCUT2D eigenvalue weighted by atomic mass is 10.1. The van der Waals surface area contributed by atoms with Crippen LogP contribution in [0.1, 0.15) is 25.7 Å². The fourth-order valence-corrected chi connectivity index (χ4v) is 3.49. The number of amides is 1. The molecule has 3 aromatic rings. The van der Waals surface area contributed by atoms with Gasteiger partial charge in [0.05, 0.1) is 7.11 Å². The Morgan fingerprint density at radius 1 is 1.24 bits per heavy atom. The monoisotopic (exact) mass is 415 g/mol. The zero-order valence-electron chi connectivity index (χ0n) is 15.6. The zero-order valence-corrected chi connectivity index (χ0v) is 16.4. The number of nitrogens with one attached hydrogen (secondary N) is 1. The summed E-state index contributed by atoms with van der Waals surface area (Å²) in [4.78, 5) is 24.9. The van der Waals surface area contributed by atoms with Crippen molar-refractivity contribution in [3.05, 3.63) is 24.7 Å². The largest absolute Gasteiger partial charge is 0.480 e. The molecule has 0 aromatic carbocycles. The number of nitrogens with zero attached hydrogens (tertiary/aromatic N) is 4. The van der Waals surface area contributed by atoms with Gasteiger partial charge in [0.2, 0.25) is 17.7 Å². The molecule has 0 spiro atoms. The Hall–Kier alpha value is -2.88. The number of methoxy groups -OCH3 is 1. The summed E-state index contributed by atoms with van der Waals surface area (Å²) >= 11 is 0.0246. The minimum absolute atomic E-state index is 0.0246. The molecule has 2 fully saturated rings. The maximum absolute atomic E-state index is 13.7. The molecule has 2 aliphatic rings. The van der Waals surface area contributed by atoms with Gasteiger partial charge in [0.25, 0.3) is 0 Å². The van der Waals surface area contributed by atoms with Gasteiger partial charge in [0.1, 0.15) is 23.8 Å². The van der Waals surface area contributed by atoms with Crippen LogP contribution < -0.4 is 14.8 Å². The first kappa shape index (κ1) is 18.2. The fraction of sp³-hybridized carbons (Fsp3) is 0.368. The van der Waals surface area contributed by atoms with Crippen LogP contribution in [0.25, 0.3) is 22.2 Å². The van der Waals surface area contributed by atoms with Crippen molar-refractivity contribution < 1.29 is 18.2 Å². The average Bonchev–Trinajstić information content (AvgIpc) is 3.65. The minimum Gasteiger partial charge on any atom is -0.480 e. The molecule has 1 amide bonds. The summed E-state index contributed by atoms with van der Waals surface area (Å²) in [5.74, 6) is 1.12. The van der Waals surface area contributed by atoms with E-state index in [1.165, 1.54) is 17.4 Å². The van der Waals surface area contributed by atoms with Gasteiger partial charge in [-0.05, 0) is 37.8 Å². The number of hydrogen-bond acceptors (Lipinski definition) is 7. The van der Waals surface area contributed by atoms with E-state index in [1.54, 1.807) is 18.3 Å². The van der Waals surface area contributed by atoms with E-state index in [0.29, 0.717) is 39.7 Å². The third-order valence-electron chi connectivity index (χ3n) is 4.94. The number of aromatic nitrogens is 4. The second kappa shape index (κ2) is 7.18. The van der Waals surface area contributed by atoms with E-state index in [9.17, 15) is 8.68 Å². The van der Waals surface area contributed by atoms with Gasteiger partial charge < -0.3 is 14.8 Å². The Kier molecular flexibility index (Phi) is 4.50. The van der Waals surface area contributed by atoms with Gasteiger partial charge in [-0.25, -0.2) is 18.9 Å². The van der Waals surface area contributed by atoms with Gasteiger partial charge in [0, 0.05) is 23.1 Å². The van der Waals surface area contributed by atoms with E-state index in [1.807, 2.05) is 0 Å². The maximum Gasteiger partial charge on any atom is 0.228 e. The Morgan fingerprint density at radius 3 is 2.72 bits per heavy atom. The van der Waals surface area contributed by atoms with Crippen LogP contribution >= 0.6 is 12.3 Å². The summed E-state index contributed by atoms with van der Waals surface area (Å²) in [5, 5.41) is 3.47. The molecule has 29 heavy (non-hydrogen) atoms. The van der Waals surface area contributed by atoms with Crippen LogP contribution in [0.4, 0.5) is 9.70 Å². The molecule has 0 bridgehead atoms. The van der Waals surface area contributed by atoms with Crippen molar-refractivity contribution in [3.63, 3.8) is 0 Å². The Morgan fingerprint density at radius 2 is 2.03 bits per heavy atom. The maximum atomic E-state index is 13.7. The molecule has 2 aliphatic carbocycles. The molecular formula is C19H18FN5O3S. The molecule has 0 saturated heterocycles. The first-order chi connectivity index (χ1) is 14.2. The van der Waals surface area contributed by atoms with Crippen molar-refractivity contribution in [2.45, 2.75) is 31.8 Å². The Balaban J connectivity index is 1.61. The van der Waals surface area contributed by atoms with Crippen LogP contribution in [0.5, 0.6) is 11.8 Å². The van der Waals surface area contributed by atoms with Gasteiger partial charge in [-0.3, -0.25) is 4.79 Å². The summed E-state index contributed by atoms with van der Waals surface area (Å²) in [6.45, 7) is 0. The number of fused-ring (bicyclic) bond motifs is 1. The molecule has 0 aliphatic heterocycles. The SMILES string of the molecule is COc1ncnc(OC2CC2)c1-c1cn(SF)c2nc(NC(=O)C3CC3)ccc12. The van der Waals surface area contributed by atoms with Crippen molar-refractivity contribution in [1.82, 2.24) is 18.9 Å². The quantitative estimate of drug-likeness (QED) is 0.628. The molecular weight excluding hydrogens is 397 g/mol. The van der Waals surface area contributed by atoms with Crippen LogP contribution in [0.15, 0.2) is 24.7 Å². The molecule has 150 valence electrons. The molecule has 0 atom stereocenters. The van der Waals surface area contributed by atoms with Crippen molar-refractivity contribution in [3.8, 4) is 22.9 Å². The van der Waals surface area contributed by atoms with Crippen molar-refractivity contribution >= 4 is 35.1 Å². The van der Waals surface area contributed by atoms with E-state index in [2.05, 4.69) is 20.3 Å². The number of carbonyl (C=O) groups excluding carboxylic acids is 1. The summed E-state index contributed by atoms with van der Waals surface area (Å²) in [6, 6.07) is 3.50. The van der Waals surface area contributed by atoms with Gasteiger partial charge in [0.15, 0.2) is 18.0 Å². The zero-order chi connectivity index (χ0) is 20.0. The van der Waals surface area contributed by atoms with Crippen molar-refractivity contribution in [1.29, 1.82) is 0 Å². The predicted octanol–water partition coefficient (Wildman–Crippen LogP) is 3.77. The molecule has 1 N–H and O–H groups in total. The van der Waals surface area contributed by atoms with Gasteiger partial charge in [-0.15, -0.1) is 3.89 Å². The highest BCUT2D eigenvalue weighted by molar-refractivity contribution is 7.92.